The minimum atomic E-state index is -0.553. The number of methoxy groups -OCH3 is 1. The summed E-state index contributed by atoms with van der Waals surface area (Å²) in [4.78, 5) is 44.9. The van der Waals surface area contributed by atoms with Gasteiger partial charge in [-0.3, -0.25) is 9.59 Å². The maximum Gasteiger partial charge on any atom is 0.248 e. The molecule has 4 aromatic heterocycles. The molecule has 7 rings (SSSR count). The van der Waals surface area contributed by atoms with E-state index >= 15 is 0 Å². The summed E-state index contributed by atoms with van der Waals surface area (Å²) in [5, 5.41) is 8.81. The Morgan fingerprint density at radius 3 is 2.37 bits per heavy atom. The van der Waals surface area contributed by atoms with Crippen molar-refractivity contribution < 1.29 is 19.1 Å². The van der Waals surface area contributed by atoms with Crippen LogP contribution in [0.1, 0.15) is 56.6 Å². The SMILES string of the molecule is CNCCCOc1cc(C(N)=O)cc2nc(NC)n(C/C=C/Cn3c4nc(-c5sc(C)nc5C5CC5)ncc4c4cc(C(N)=O)cc(OC)c43)c12. The third kappa shape index (κ3) is 6.45. The van der Waals surface area contributed by atoms with Crippen molar-refractivity contribution >= 4 is 62.1 Å². The number of anilines is 1. The molecule has 0 saturated heterocycles. The number of allylic oxidation sites excluding steroid dienone is 2. The first-order valence-electron chi connectivity index (χ1n) is 16.8. The Labute approximate surface area is 297 Å². The predicted octanol–water partition coefficient (Wildman–Crippen LogP) is 4.74. The molecule has 2 amide bonds. The topological polar surface area (TPSA) is 190 Å². The first kappa shape index (κ1) is 33.9. The molecule has 6 N–H and O–H groups in total. The first-order valence-corrected chi connectivity index (χ1v) is 17.6. The zero-order valence-electron chi connectivity index (χ0n) is 28.9. The Morgan fingerprint density at radius 2 is 1.69 bits per heavy atom. The van der Waals surface area contributed by atoms with E-state index in [1.807, 2.05) is 36.9 Å². The van der Waals surface area contributed by atoms with E-state index in [1.165, 1.54) is 0 Å². The second kappa shape index (κ2) is 14.0. The van der Waals surface area contributed by atoms with Crippen LogP contribution in [0.25, 0.3) is 43.7 Å². The molecule has 6 aromatic rings. The fraction of sp³-hybridized carbons (Fsp3) is 0.333. The van der Waals surface area contributed by atoms with Gasteiger partial charge >= 0.3 is 0 Å². The van der Waals surface area contributed by atoms with Crippen LogP contribution in [0.4, 0.5) is 5.95 Å². The zero-order chi connectivity index (χ0) is 35.8. The normalized spacial score (nSPS) is 13.2. The standard InChI is InChI=1S/C36H40N10O4S/c1-19-42-28(20-8-9-20)31(51-19)34-41-18-24-23-14-21(32(37)47)16-26(49-4)29(23)45(35(24)44-34)11-5-6-12-46-30-25(43-36(46)40-3)15-22(33(38)48)17-27(30)50-13-7-10-39-2/h5-6,14-18,20,39H,7-13H2,1-4H3,(H2,37,47)(H2,38,48)(H,40,43)/b6-5+. The maximum absolute atomic E-state index is 12.3. The lowest BCUT2D eigenvalue weighted by atomic mass is 10.1. The van der Waals surface area contributed by atoms with Gasteiger partial charge in [0.25, 0.3) is 0 Å². The molecule has 0 radical (unpaired) electrons. The van der Waals surface area contributed by atoms with E-state index in [0.29, 0.717) is 71.2 Å². The van der Waals surface area contributed by atoms with Gasteiger partial charge < -0.3 is 40.7 Å². The van der Waals surface area contributed by atoms with E-state index in [9.17, 15) is 9.59 Å². The number of benzene rings is 2. The van der Waals surface area contributed by atoms with E-state index in [2.05, 4.69) is 15.2 Å². The molecule has 0 unspecified atom stereocenters. The number of fused-ring (bicyclic) bond motifs is 4. The second-order valence-electron chi connectivity index (χ2n) is 12.5. The van der Waals surface area contributed by atoms with Gasteiger partial charge in [0.15, 0.2) is 5.82 Å². The van der Waals surface area contributed by atoms with E-state index in [1.54, 1.807) is 49.8 Å². The van der Waals surface area contributed by atoms with Crippen molar-refractivity contribution in [3.05, 3.63) is 64.4 Å². The average Bonchev–Trinajstić information content (AvgIpc) is 3.70. The lowest BCUT2D eigenvalue weighted by Crippen LogP contribution is -2.13. The molecule has 1 saturated carbocycles. The van der Waals surface area contributed by atoms with E-state index < -0.39 is 11.8 Å². The number of primary amides is 2. The van der Waals surface area contributed by atoms with Crippen molar-refractivity contribution in [3.63, 3.8) is 0 Å². The van der Waals surface area contributed by atoms with Gasteiger partial charge in [0.05, 0.1) is 40.3 Å². The molecule has 0 bridgehead atoms. The van der Waals surface area contributed by atoms with Crippen LogP contribution in [-0.4, -0.2) is 75.2 Å². The molecule has 1 fully saturated rings. The highest BCUT2D eigenvalue weighted by atomic mass is 32.1. The Bertz CT molecular complexity index is 2340. The van der Waals surface area contributed by atoms with Crippen molar-refractivity contribution in [2.24, 2.45) is 11.5 Å². The maximum atomic E-state index is 12.3. The molecule has 1 aliphatic carbocycles. The highest BCUT2D eigenvalue weighted by molar-refractivity contribution is 7.15. The van der Waals surface area contributed by atoms with Crippen LogP contribution in [0.15, 0.2) is 42.6 Å². The lowest BCUT2D eigenvalue weighted by Gasteiger charge is -2.12. The van der Waals surface area contributed by atoms with Crippen LogP contribution in [0, 0.1) is 6.92 Å². The number of ether oxygens (including phenoxy) is 2. The number of carbonyl (C=O) groups is 2. The van der Waals surface area contributed by atoms with Crippen molar-refractivity contribution in [1.29, 1.82) is 0 Å². The van der Waals surface area contributed by atoms with Crippen LogP contribution < -0.4 is 31.6 Å². The highest BCUT2D eigenvalue weighted by Gasteiger charge is 2.31. The molecule has 0 atom stereocenters. The molecule has 15 heteroatoms. The lowest BCUT2D eigenvalue weighted by molar-refractivity contribution is 0.0991. The summed E-state index contributed by atoms with van der Waals surface area (Å²) in [5.41, 5.74) is 15.9. The number of thiazole rings is 1. The molecule has 51 heavy (non-hydrogen) atoms. The Hall–Kier alpha value is -5.54. The van der Waals surface area contributed by atoms with E-state index in [-0.39, 0.29) is 0 Å². The summed E-state index contributed by atoms with van der Waals surface area (Å²) >= 11 is 1.61. The predicted molar refractivity (Wildman–Crippen MR) is 199 cm³/mol. The fourth-order valence-electron chi connectivity index (χ4n) is 6.43. The van der Waals surface area contributed by atoms with Crippen molar-refractivity contribution in [2.45, 2.75) is 45.2 Å². The third-order valence-electron chi connectivity index (χ3n) is 8.98. The largest absolute Gasteiger partial charge is 0.495 e. The molecular formula is C36H40N10O4S. The number of aromatic nitrogens is 6. The minimum Gasteiger partial charge on any atom is -0.495 e. The number of aryl methyl sites for hydroxylation is 1. The van der Waals surface area contributed by atoms with Crippen LogP contribution in [0.5, 0.6) is 11.5 Å². The van der Waals surface area contributed by atoms with Gasteiger partial charge in [0.2, 0.25) is 17.8 Å². The van der Waals surface area contributed by atoms with Gasteiger partial charge in [-0.25, -0.2) is 19.9 Å². The summed E-state index contributed by atoms with van der Waals surface area (Å²) < 4.78 is 16.1. The van der Waals surface area contributed by atoms with Crippen LogP contribution in [0.2, 0.25) is 0 Å². The number of nitrogens with zero attached hydrogens (tertiary/aromatic N) is 6. The number of rotatable bonds is 15. The quantitative estimate of drug-likeness (QED) is 0.0857. The minimum absolute atomic E-state index is 0.327. The van der Waals surface area contributed by atoms with Crippen LogP contribution >= 0.6 is 11.3 Å². The van der Waals surface area contributed by atoms with E-state index in [4.69, 9.17) is 40.9 Å². The molecule has 2 aromatic carbocycles. The van der Waals surface area contributed by atoms with Gasteiger partial charge in [-0.2, -0.15) is 0 Å². The number of amides is 2. The number of hydrogen-bond donors (Lipinski definition) is 4. The summed E-state index contributed by atoms with van der Waals surface area (Å²) in [6, 6.07) is 6.78. The van der Waals surface area contributed by atoms with Crippen molar-refractivity contribution in [1.82, 2.24) is 34.4 Å². The van der Waals surface area contributed by atoms with E-state index in [0.717, 1.165) is 63.2 Å². The van der Waals surface area contributed by atoms with Gasteiger partial charge in [-0.15, -0.1) is 11.3 Å². The van der Waals surface area contributed by atoms with Crippen molar-refractivity contribution in [3.8, 4) is 22.2 Å². The molecule has 0 aliphatic heterocycles. The third-order valence-corrected chi connectivity index (χ3v) is 9.96. The number of nitrogens with one attached hydrogen (secondary N) is 2. The second-order valence-corrected chi connectivity index (χ2v) is 13.7. The summed E-state index contributed by atoms with van der Waals surface area (Å²) in [7, 11) is 5.26. The summed E-state index contributed by atoms with van der Waals surface area (Å²) in [6.45, 7) is 4.13. The summed E-state index contributed by atoms with van der Waals surface area (Å²) in [5.74, 6) is 1.61. The van der Waals surface area contributed by atoms with Gasteiger partial charge in [0, 0.05) is 54.2 Å². The van der Waals surface area contributed by atoms with Crippen LogP contribution in [0.3, 0.4) is 0 Å². The number of hydrogen-bond acceptors (Lipinski definition) is 11. The Morgan fingerprint density at radius 1 is 0.961 bits per heavy atom. The number of carbonyl (C=O) groups excluding carboxylic acids is 2. The average molecular weight is 709 g/mol. The smallest absolute Gasteiger partial charge is 0.248 e. The van der Waals surface area contributed by atoms with Crippen molar-refractivity contribution in [2.75, 3.05) is 39.7 Å². The first-order chi connectivity index (χ1) is 24.7. The Kier molecular flexibility index (Phi) is 9.31. The molecule has 1 aliphatic rings. The fourth-order valence-corrected chi connectivity index (χ4v) is 7.38. The number of nitrogens with two attached hydrogens (primary N) is 2. The molecule has 264 valence electrons. The summed E-state index contributed by atoms with van der Waals surface area (Å²) in [6.07, 6.45) is 8.92. The monoisotopic (exact) mass is 708 g/mol. The Balaban J connectivity index is 1.29. The molecule has 14 nitrogen and oxygen atoms in total. The molecular weight excluding hydrogens is 669 g/mol. The van der Waals surface area contributed by atoms with Gasteiger partial charge in [-0.1, -0.05) is 12.2 Å². The molecule has 0 spiro atoms. The van der Waals surface area contributed by atoms with Gasteiger partial charge in [-0.05, 0) is 64.0 Å². The number of imidazole rings is 1. The van der Waals surface area contributed by atoms with Crippen LogP contribution in [-0.2, 0) is 13.1 Å². The van der Waals surface area contributed by atoms with Gasteiger partial charge in [0.1, 0.15) is 22.7 Å². The molecule has 4 heterocycles. The zero-order valence-corrected chi connectivity index (χ0v) is 29.8. The highest BCUT2D eigenvalue weighted by Crippen LogP contribution is 2.46.